The average Bonchev–Trinajstić information content (AvgIpc) is 2.15. The van der Waals surface area contributed by atoms with Gasteiger partial charge in [0.25, 0.3) is 0 Å². The van der Waals surface area contributed by atoms with Crippen molar-refractivity contribution in [2.75, 3.05) is 25.0 Å². The molecule has 62 valence electrons. The molecule has 0 saturated heterocycles. The smallest absolute Gasteiger partial charge is 0.231 e. The summed E-state index contributed by atoms with van der Waals surface area (Å²) >= 11 is 0. The first-order valence-electron chi connectivity index (χ1n) is 3.94. The van der Waals surface area contributed by atoms with Crippen LogP contribution < -0.4 is 4.90 Å². The molecule has 0 fully saturated rings. The molecule has 1 rings (SSSR count). The predicted molar refractivity (Wildman–Crippen MR) is 51.2 cm³/mol. The summed E-state index contributed by atoms with van der Waals surface area (Å²) in [5.74, 6) is 0. The lowest BCUT2D eigenvalue weighted by Crippen LogP contribution is -2.19. The van der Waals surface area contributed by atoms with E-state index in [-0.39, 0.29) is 0 Å². The van der Waals surface area contributed by atoms with E-state index in [0.29, 0.717) is 6.54 Å². The van der Waals surface area contributed by atoms with Gasteiger partial charge in [-0.05, 0) is 12.1 Å². The van der Waals surface area contributed by atoms with Crippen LogP contribution in [0.15, 0.2) is 30.3 Å². The van der Waals surface area contributed by atoms with Gasteiger partial charge in [-0.3, -0.25) is 0 Å². The van der Waals surface area contributed by atoms with Gasteiger partial charge >= 0.3 is 0 Å². The van der Waals surface area contributed by atoms with Crippen LogP contribution in [-0.2, 0) is 0 Å². The molecule has 0 aliphatic carbocycles. The van der Waals surface area contributed by atoms with Gasteiger partial charge in [-0.25, -0.2) is 6.57 Å². The van der Waals surface area contributed by atoms with Gasteiger partial charge in [0, 0.05) is 12.7 Å². The summed E-state index contributed by atoms with van der Waals surface area (Å²) in [6.07, 6.45) is 0. The maximum Gasteiger partial charge on any atom is 0.231 e. The van der Waals surface area contributed by atoms with E-state index in [1.54, 1.807) is 0 Å². The fraction of sp³-hybridized carbons (Fsp3) is 0.300. The number of anilines is 1. The molecule has 1 aromatic rings. The second-order valence-electron chi connectivity index (χ2n) is 2.64. The Balaban J connectivity index is 2.55. The van der Waals surface area contributed by atoms with E-state index in [2.05, 4.69) is 9.74 Å². The standard InChI is InChI=1S/C10H12N2/c1-11-8-9-12(2)10-6-4-3-5-7-10/h3-7H,8-9H2,2H3. The van der Waals surface area contributed by atoms with Crippen LogP contribution >= 0.6 is 0 Å². The second kappa shape index (κ2) is 4.40. The maximum atomic E-state index is 6.66. The van der Waals surface area contributed by atoms with Crippen molar-refractivity contribution in [3.05, 3.63) is 41.7 Å². The normalized spacial score (nSPS) is 9.00. The number of hydrogen-bond donors (Lipinski definition) is 0. The van der Waals surface area contributed by atoms with Gasteiger partial charge in [0.15, 0.2) is 0 Å². The minimum Gasteiger partial charge on any atom is -0.367 e. The highest BCUT2D eigenvalue weighted by Gasteiger charge is 1.98. The second-order valence-corrected chi connectivity index (χ2v) is 2.64. The van der Waals surface area contributed by atoms with E-state index >= 15 is 0 Å². The van der Waals surface area contributed by atoms with Crippen molar-refractivity contribution in [2.45, 2.75) is 0 Å². The van der Waals surface area contributed by atoms with E-state index in [9.17, 15) is 0 Å². The van der Waals surface area contributed by atoms with Crippen LogP contribution in [0.4, 0.5) is 5.69 Å². The van der Waals surface area contributed by atoms with Gasteiger partial charge in [0.1, 0.15) is 0 Å². The molecule has 0 aliphatic heterocycles. The summed E-state index contributed by atoms with van der Waals surface area (Å²) < 4.78 is 0. The molecule has 2 heteroatoms. The molecule has 0 aliphatic rings. The minimum atomic E-state index is 0.561. The minimum absolute atomic E-state index is 0.561. The Morgan fingerprint density at radius 3 is 2.58 bits per heavy atom. The third-order valence-corrected chi connectivity index (χ3v) is 1.74. The molecule has 0 bridgehead atoms. The molecule has 2 nitrogen and oxygen atoms in total. The van der Waals surface area contributed by atoms with Gasteiger partial charge in [-0.1, -0.05) is 18.2 Å². The molecule has 0 aromatic heterocycles. The van der Waals surface area contributed by atoms with E-state index < -0.39 is 0 Å². The fourth-order valence-electron chi connectivity index (χ4n) is 1.01. The summed E-state index contributed by atoms with van der Waals surface area (Å²) in [6, 6.07) is 10.1. The molecule has 1 aromatic carbocycles. The first-order valence-corrected chi connectivity index (χ1v) is 3.94. The van der Waals surface area contributed by atoms with Crippen LogP contribution in [0.2, 0.25) is 0 Å². The van der Waals surface area contributed by atoms with E-state index in [1.165, 1.54) is 5.69 Å². The summed E-state index contributed by atoms with van der Waals surface area (Å²) in [6.45, 7) is 8.02. The molecule has 0 saturated carbocycles. The van der Waals surface area contributed by atoms with Crippen molar-refractivity contribution >= 4 is 5.69 Å². The zero-order valence-electron chi connectivity index (χ0n) is 7.20. The summed E-state index contributed by atoms with van der Waals surface area (Å²) in [4.78, 5) is 5.39. The zero-order valence-corrected chi connectivity index (χ0v) is 7.20. The first-order chi connectivity index (χ1) is 5.84. The third-order valence-electron chi connectivity index (χ3n) is 1.74. The topological polar surface area (TPSA) is 7.60 Å². The van der Waals surface area contributed by atoms with E-state index in [4.69, 9.17) is 6.57 Å². The highest BCUT2D eigenvalue weighted by molar-refractivity contribution is 5.44. The molecule has 12 heavy (non-hydrogen) atoms. The number of hydrogen-bond acceptors (Lipinski definition) is 1. The molecular formula is C10H12N2. The lowest BCUT2D eigenvalue weighted by molar-refractivity contribution is 0.942. The van der Waals surface area contributed by atoms with E-state index in [0.717, 1.165) is 6.54 Å². The zero-order chi connectivity index (χ0) is 8.81. The van der Waals surface area contributed by atoms with Crippen molar-refractivity contribution in [1.29, 1.82) is 0 Å². The quantitative estimate of drug-likeness (QED) is 0.614. The molecule has 0 spiro atoms. The molecule has 0 heterocycles. The predicted octanol–water partition coefficient (Wildman–Crippen LogP) is 2.04. The van der Waals surface area contributed by atoms with Crippen LogP contribution in [0, 0.1) is 6.57 Å². The Morgan fingerprint density at radius 1 is 1.33 bits per heavy atom. The van der Waals surface area contributed by atoms with E-state index in [1.807, 2.05) is 37.4 Å². The SMILES string of the molecule is [C-]#[N+]CCN(C)c1ccccc1. The molecule has 0 radical (unpaired) electrons. The van der Waals surface area contributed by atoms with Crippen molar-refractivity contribution < 1.29 is 0 Å². The van der Waals surface area contributed by atoms with Gasteiger partial charge in [-0.2, -0.15) is 0 Å². The van der Waals surface area contributed by atoms with Crippen LogP contribution in [0.3, 0.4) is 0 Å². The van der Waals surface area contributed by atoms with Crippen LogP contribution in [-0.4, -0.2) is 20.1 Å². The van der Waals surface area contributed by atoms with Gasteiger partial charge < -0.3 is 9.74 Å². The largest absolute Gasteiger partial charge is 0.367 e. The van der Waals surface area contributed by atoms with Gasteiger partial charge in [0.2, 0.25) is 6.54 Å². The molecule has 0 atom stereocenters. The third kappa shape index (κ3) is 2.28. The molecule has 0 N–H and O–H groups in total. The maximum absolute atomic E-state index is 6.66. The molecule has 0 amide bonds. The van der Waals surface area contributed by atoms with Crippen LogP contribution in [0.1, 0.15) is 0 Å². The Morgan fingerprint density at radius 2 is 2.00 bits per heavy atom. The Kier molecular flexibility index (Phi) is 3.16. The highest BCUT2D eigenvalue weighted by Crippen LogP contribution is 2.09. The van der Waals surface area contributed by atoms with Gasteiger partial charge in [0.05, 0.1) is 6.54 Å². The number of nitrogens with zero attached hydrogens (tertiary/aromatic N) is 2. The van der Waals surface area contributed by atoms with Crippen molar-refractivity contribution in [3.8, 4) is 0 Å². The van der Waals surface area contributed by atoms with Crippen molar-refractivity contribution in [2.24, 2.45) is 0 Å². The number of para-hydroxylation sites is 1. The summed E-state index contributed by atoms with van der Waals surface area (Å²) in [5.41, 5.74) is 1.17. The monoisotopic (exact) mass is 160 g/mol. The van der Waals surface area contributed by atoms with Crippen LogP contribution in [0.25, 0.3) is 4.85 Å². The Labute approximate surface area is 73.3 Å². The first kappa shape index (κ1) is 8.61. The molecule has 0 unspecified atom stereocenters. The summed E-state index contributed by atoms with van der Waals surface area (Å²) in [7, 11) is 2.00. The summed E-state index contributed by atoms with van der Waals surface area (Å²) in [5, 5.41) is 0. The number of rotatable bonds is 3. The Hall–Kier alpha value is -1.49. The Bertz CT molecular complexity index is 261. The number of benzene rings is 1. The lowest BCUT2D eigenvalue weighted by atomic mass is 10.3. The number of likely N-dealkylation sites (N-methyl/N-ethyl adjacent to an activating group) is 1. The highest BCUT2D eigenvalue weighted by atomic mass is 15.1. The fourth-order valence-corrected chi connectivity index (χ4v) is 1.01. The lowest BCUT2D eigenvalue weighted by Gasteiger charge is -2.15. The molecular weight excluding hydrogens is 148 g/mol. The van der Waals surface area contributed by atoms with Crippen molar-refractivity contribution in [3.63, 3.8) is 0 Å². The van der Waals surface area contributed by atoms with Gasteiger partial charge in [-0.15, -0.1) is 0 Å². The van der Waals surface area contributed by atoms with Crippen LogP contribution in [0.5, 0.6) is 0 Å². The average molecular weight is 160 g/mol. The van der Waals surface area contributed by atoms with Crippen molar-refractivity contribution in [1.82, 2.24) is 0 Å².